The van der Waals surface area contributed by atoms with E-state index < -0.39 is 0 Å². The summed E-state index contributed by atoms with van der Waals surface area (Å²) in [5.74, 6) is 1.79. The molecule has 2 atom stereocenters. The molecule has 2 heterocycles. The van der Waals surface area contributed by atoms with Crippen molar-refractivity contribution >= 4 is 29.9 Å². The van der Waals surface area contributed by atoms with E-state index in [2.05, 4.69) is 68.4 Å². The average molecular weight is 559 g/mol. The van der Waals surface area contributed by atoms with Gasteiger partial charge in [-0.3, -0.25) is 14.8 Å². The molecule has 2 fully saturated rings. The zero-order valence-electron chi connectivity index (χ0n) is 20.3. The Balaban J connectivity index is 0.00000363. The fourth-order valence-electron chi connectivity index (χ4n) is 4.64. The van der Waals surface area contributed by atoms with Crippen LogP contribution >= 0.6 is 24.0 Å². The van der Waals surface area contributed by atoms with Crippen molar-refractivity contribution in [2.75, 3.05) is 73.1 Å². The largest absolute Gasteiger partial charge is 0.497 e. The molecule has 182 valence electrons. The van der Waals surface area contributed by atoms with Crippen LogP contribution < -0.4 is 15.4 Å². The lowest BCUT2D eigenvalue weighted by molar-refractivity contribution is 0.107. The van der Waals surface area contributed by atoms with Crippen molar-refractivity contribution in [3.63, 3.8) is 0 Å². The van der Waals surface area contributed by atoms with Crippen molar-refractivity contribution in [1.29, 1.82) is 0 Å². The van der Waals surface area contributed by atoms with E-state index in [0.717, 1.165) is 57.5 Å². The number of hydrogen-bond acceptors (Lipinski definition) is 5. The fourth-order valence-corrected chi connectivity index (χ4v) is 4.64. The third-order valence-corrected chi connectivity index (χ3v) is 6.81. The number of halogens is 1. The van der Waals surface area contributed by atoms with Gasteiger partial charge in [0.25, 0.3) is 0 Å². The lowest BCUT2D eigenvalue weighted by Gasteiger charge is -2.37. The van der Waals surface area contributed by atoms with Crippen LogP contribution in [-0.2, 0) is 0 Å². The molecule has 7 nitrogen and oxygen atoms in total. The molecule has 3 rings (SSSR count). The number of likely N-dealkylation sites (N-methyl/N-ethyl adjacent to an activating group) is 1. The van der Waals surface area contributed by atoms with Gasteiger partial charge in [0.2, 0.25) is 0 Å². The minimum Gasteiger partial charge on any atom is -0.497 e. The van der Waals surface area contributed by atoms with E-state index >= 15 is 0 Å². The number of nitrogens with zero attached hydrogens (tertiary/aromatic N) is 4. The van der Waals surface area contributed by atoms with Gasteiger partial charge in [0, 0.05) is 52.4 Å². The highest BCUT2D eigenvalue weighted by molar-refractivity contribution is 14.0. The summed E-state index contributed by atoms with van der Waals surface area (Å²) in [5, 5.41) is 7.14. The highest BCUT2D eigenvalue weighted by atomic mass is 127. The summed E-state index contributed by atoms with van der Waals surface area (Å²) in [6.45, 7) is 14.4. The Morgan fingerprint density at radius 1 is 0.969 bits per heavy atom. The van der Waals surface area contributed by atoms with Crippen molar-refractivity contribution in [2.24, 2.45) is 4.99 Å². The van der Waals surface area contributed by atoms with E-state index in [1.807, 2.05) is 7.05 Å². The van der Waals surface area contributed by atoms with Gasteiger partial charge in [0.15, 0.2) is 5.96 Å². The van der Waals surface area contributed by atoms with E-state index in [1.54, 1.807) is 7.11 Å². The molecule has 0 bridgehead atoms. The van der Waals surface area contributed by atoms with Crippen LogP contribution in [-0.4, -0.2) is 99.8 Å². The molecule has 2 aliphatic rings. The van der Waals surface area contributed by atoms with Gasteiger partial charge in [-0.1, -0.05) is 19.1 Å². The summed E-state index contributed by atoms with van der Waals surface area (Å²) >= 11 is 0. The van der Waals surface area contributed by atoms with E-state index in [1.165, 1.54) is 31.5 Å². The number of guanidine groups is 1. The van der Waals surface area contributed by atoms with Crippen molar-refractivity contribution in [3.8, 4) is 5.75 Å². The highest BCUT2D eigenvalue weighted by Gasteiger charge is 2.24. The second-order valence-corrected chi connectivity index (χ2v) is 8.69. The first-order valence-corrected chi connectivity index (χ1v) is 11.9. The predicted octanol–water partition coefficient (Wildman–Crippen LogP) is 2.64. The lowest BCUT2D eigenvalue weighted by atomic mass is 10.1. The summed E-state index contributed by atoms with van der Waals surface area (Å²) in [6, 6.07) is 9.34. The summed E-state index contributed by atoms with van der Waals surface area (Å²) < 4.78 is 5.34. The monoisotopic (exact) mass is 558 g/mol. The van der Waals surface area contributed by atoms with E-state index in [4.69, 9.17) is 4.74 Å². The number of piperazine rings is 1. The molecule has 0 aromatic heterocycles. The summed E-state index contributed by atoms with van der Waals surface area (Å²) in [6.07, 6.45) is 2.56. The number of hydrogen-bond donors (Lipinski definition) is 2. The molecule has 0 amide bonds. The molecule has 32 heavy (non-hydrogen) atoms. The Morgan fingerprint density at radius 2 is 1.59 bits per heavy atom. The minimum absolute atomic E-state index is 0. The van der Waals surface area contributed by atoms with Gasteiger partial charge >= 0.3 is 0 Å². The predicted molar refractivity (Wildman–Crippen MR) is 144 cm³/mol. The maximum Gasteiger partial charge on any atom is 0.191 e. The maximum atomic E-state index is 5.34. The van der Waals surface area contributed by atoms with Crippen LogP contribution in [0.1, 0.15) is 38.3 Å². The molecule has 0 spiro atoms. The Labute approximate surface area is 212 Å². The van der Waals surface area contributed by atoms with E-state index in [9.17, 15) is 0 Å². The summed E-state index contributed by atoms with van der Waals surface area (Å²) in [4.78, 5) is 12.2. The Morgan fingerprint density at radius 3 is 2.16 bits per heavy atom. The molecule has 2 saturated heterocycles. The molecule has 2 unspecified atom stereocenters. The van der Waals surface area contributed by atoms with Crippen LogP contribution in [0.5, 0.6) is 5.75 Å². The summed E-state index contributed by atoms with van der Waals surface area (Å²) in [5.41, 5.74) is 1.33. The van der Waals surface area contributed by atoms with Crippen LogP contribution in [0.25, 0.3) is 0 Å². The molecule has 1 aromatic carbocycles. The first-order valence-electron chi connectivity index (χ1n) is 11.9. The number of likely N-dealkylation sites (tertiary alicyclic amines) is 1. The zero-order valence-corrected chi connectivity index (χ0v) is 22.7. The lowest BCUT2D eigenvalue weighted by Crippen LogP contribution is -2.53. The van der Waals surface area contributed by atoms with Crippen LogP contribution in [0.4, 0.5) is 0 Å². The first kappa shape index (κ1) is 27.1. The molecule has 0 aliphatic carbocycles. The molecule has 8 heteroatoms. The Hall–Kier alpha value is -1.10. The quantitative estimate of drug-likeness (QED) is 0.276. The van der Waals surface area contributed by atoms with Crippen LogP contribution in [0.15, 0.2) is 29.3 Å². The molecule has 0 radical (unpaired) electrons. The third kappa shape index (κ3) is 7.74. The van der Waals surface area contributed by atoms with Crippen molar-refractivity contribution in [1.82, 2.24) is 25.3 Å². The number of benzene rings is 1. The second-order valence-electron chi connectivity index (χ2n) is 8.69. The smallest absolute Gasteiger partial charge is 0.191 e. The van der Waals surface area contributed by atoms with Crippen LogP contribution in [0, 0.1) is 0 Å². The SMILES string of the molecule is CCN1CCN(C(C)CNC(=NC)NCC(c2ccc(OC)cc2)N2CCCC2)CC1.I. The topological polar surface area (TPSA) is 55.4 Å². The third-order valence-electron chi connectivity index (χ3n) is 6.81. The van der Waals surface area contributed by atoms with Crippen LogP contribution in [0.2, 0.25) is 0 Å². The number of nitrogens with one attached hydrogen (secondary N) is 2. The second kappa shape index (κ2) is 14.2. The van der Waals surface area contributed by atoms with Crippen molar-refractivity contribution < 1.29 is 4.74 Å². The Bertz CT molecular complexity index is 672. The number of ether oxygens (including phenoxy) is 1. The molecule has 1 aromatic rings. The average Bonchev–Trinajstić information content (AvgIpc) is 3.36. The van der Waals surface area contributed by atoms with Gasteiger partial charge in [0.1, 0.15) is 5.75 Å². The maximum absolute atomic E-state index is 5.34. The normalized spacial score (nSPS) is 20.4. The molecular weight excluding hydrogens is 515 g/mol. The first-order chi connectivity index (χ1) is 15.1. The zero-order chi connectivity index (χ0) is 22.1. The van der Waals surface area contributed by atoms with Crippen molar-refractivity contribution in [2.45, 2.75) is 38.8 Å². The number of methoxy groups -OCH3 is 1. The van der Waals surface area contributed by atoms with Gasteiger partial charge in [-0.2, -0.15) is 0 Å². The van der Waals surface area contributed by atoms with Gasteiger partial charge in [0.05, 0.1) is 13.2 Å². The van der Waals surface area contributed by atoms with Gasteiger partial charge in [-0.05, 0) is 57.1 Å². The van der Waals surface area contributed by atoms with E-state index in [-0.39, 0.29) is 24.0 Å². The Kier molecular flexibility index (Phi) is 12.1. The van der Waals surface area contributed by atoms with Gasteiger partial charge in [-0.25, -0.2) is 0 Å². The molecule has 2 aliphatic heterocycles. The van der Waals surface area contributed by atoms with Gasteiger partial charge < -0.3 is 20.3 Å². The highest BCUT2D eigenvalue weighted by Crippen LogP contribution is 2.26. The van der Waals surface area contributed by atoms with E-state index in [0.29, 0.717) is 12.1 Å². The number of rotatable bonds is 9. The van der Waals surface area contributed by atoms with Gasteiger partial charge in [-0.15, -0.1) is 24.0 Å². The summed E-state index contributed by atoms with van der Waals surface area (Å²) in [7, 11) is 3.58. The molecule has 2 N–H and O–H groups in total. The van der Waals surface area contributed by atoms with Crippen LogP contribution in [0.3, 0.4) is 0 Å². The number of aliphatic imine (C=N–C) groups is 1. The minimum atomic E-state index is 0. The standard InChI is InChI=1S/C24H42N6O.HI/c1-5-28-14-16-29(17-15-28)20(2)18-26-24(25-3)27-19-23(30-12-6-7-13-30)21-8-10-22(31-4)11-9-21;/h8-11,20,23H,5-7,12-19H2,1-4H3,(H2,25,26,27);1H. The fraction of sp³-hybridized carbons (Fsp3) is 0.708. The molecular formula is C24H43IN6O. The molecule has 0 saturated carbocycles. The van der Waals surface area contributed by atoms with Crippen molar-refractivity contribution in [3.05, 3.63) is 29.8 Å².